The highest BCUT2D eigenvalue weighted by Gasteiger charge is 2.11. The first kappa shape index (κ1) is 16.1. The highest BCUT2D eigenvalue weighted by atomic mass is 32.2. The summed E-state index contributed by atoms with van der Waals surface area (Å²) in [5, 5.41) is 0.971. The molecule has 3 aromatic rings. The van der Waals surface area contributed by atoms with E-state index in [1.54, 1.807) is 44.3 Å². The Bertz CT molecular complexity index is 895. The quantitative estimate of drug-likeness (QED) is 0.769. The lowest BCUT2D eigenvalue weighted by Crippen LogP contribution is -2.10. The van der Waals surface area contributed by atoms with Crippen LogP contribution in [0.3, 0.4) is 0 Å². The number of benzene rings is 2. The van der Waals surface area contributed by atoms with Gasteiger partial charge in [0.2, 0.25) is 5.91 Å². The van der Waals surface area contributed by atoms with Crippen LogP contribution in [0.4, 0.5) is 0 Å². The standard InChI is InChI=1S/C18H16N2O3S/c1-22-15-9-13-14(10-16(15)23-2)20-8-7-17(13)24-12-5-3-11(4-6-12)18(19)21/h3-10H,1-2H3,(H2,19,21). The molecule has 5 nitrogen and oxygen atoms in total. The minimum Gasteiger partial charge on any atom is -0.493 e. The van der Waals surface area contributed by atoms with Gasteiger partial charge in [-0.2, -0.15) is 0 Å². The minimum absolute atomic E-state index is 0.433. The molecule has 0 bridgehead atoms. The van der Waals surface area contributed by atoms with Crippen LogP contribution in [0.5, 0.6) is 11.5 Å². The predicted octanol–water partition coefficient (Wildman–Crippen LogP) is 3.50. The number of nitrogens with zero attached hydrogens (tertiary/aromatic N) is 1. The highest BCUT2D eigenvalue weighted by Crippen LogP contribution is 2.38. The van der Waals surface area contributed by atoms with Gasteiger partial charge in [0.1, 0.15) is 0 Å². The number of nitrogens with two attached hydrogens (primary N) is 1. The van der Waals surface area contributed by atoms with Crippen LogP contribution >= 0.6 is 11.8 Å². The van der Waals surface area contributed by atoms with Crippen molar-refractivity contribution in [2.24, 2.45) is 5.73 Å². The van der Waals surface area contributed by atoms with Gasteiger partial charge in [0.15, 0.2) is 11.5 Å². The molecule has 0 aliphatic heterocycles. The Hall–Kier alpha value is -2.73. The Labute approximate surface area is 143 Å². The van der Waals surface area contributed by atoms with Crippen LogP contribution < -0.4 is 15.2 Å². The third kappa shape index (κ3) is 3.14. The Morgan fingerprint density at radius 3 is 2.33 bits per heavy atom. The van der Waals surface area contributed by atoms with Gasteiger partial charge in [-0.3, -0.25) is 9.78 Å². The van der Waals surface area contributed by atoms with Crippen LogP contribution in [0.15, 0.2) is 58.5 Å². The molecule has 0 fully saturated rings. The second-order valence-electron chi connectivity index (χ2n) is 5.02. The average molecular weight is 340 g/mol. The molecule has 0 radical (unpaired) electrons. The Kier molecular flexibility index (Phi) is 4.57. The van der Waals surface area contributed by atoms with Gasteiger partial charge in [0.05, 0.1) is 19.7 Å². The zero-order chi connectivity index (χ0) is 17.1. The summed E-state index contributed by atoms with van der Waals surface area (Å²) in [4.78, 5) is 17.6. The first-order valence-electron chi connectivity index (χ1n) is 7.21. The molecule has 1 heterocycles. The van der Waals surface area contributed by atoms with Crippen LogP contribution in [-0.2, 0) is 0 Å². The number of carbonyl (C=O) groups is 1. The van der Waals surface area contributed by atoms with Crippen LogP contribution in [-0.4, -0.2) is 25.1 Å². The number of fused-ring (bicyclic) bond motifs is 1. The third-order valence-corrected chi connectivity index (χ3v) is 4.66. The van der Waals surface area contributed by atoms with Crippen molar-refractivity contribution in [3.8, 4) is 11.5 Å². The lowest BCUT2D eigenvalue weighted by Gasteiger charge is -2.11. The van der Waals surface area contributed by atoms with Crippen molar-refractivity contribution in [1.82, 2.24) is 4.98 Å². The van der Waals surface area contributed by atoms with E-state index >= 15 is 0 Å². The van der Waals surface area contributed by atoms with E-state index in [-0.39, 0.29) is 0 Å². The number of rotatable bonds is 5. The molecule has 6 heteroatoms. The largest absolute Gasteiger partial charge is 0.493 e. The predicted molar refractivity (Wildman–Crippen MR) is 93.9 cm³/mol. The fourth-order valence-electron chi connectivity index (χ4n) is 2.35. The molecule has 0 spiro atoms. The van der Waals surface area contributed by atoms with Crippen molar-refractivity contribution < 1.29 is 14.3 Å². The molecule has 0 unspecified atom stereocenters. The van der Waals surface area contributed by atoms with Gasteiger partial charge in [0, 0.05) is 33.0 Å². The van der Waals surface area contributed by atoms with Crippen molar-refractivity contribution >= 4 is 28.6 Å². The summed E-state index contributed by atoms with van der Waals surface area (Å²) >= 11 is 1.58. The highest BCUT2D eigenvalue weighted by molar-refractivity contribution is 7.99. The summed E-state index contributed by atoms with van der Waals surface area (Å²) in [5.41, 5.74) is 6.59. The summed E-state index contributed by atoms with van der Waals surface area (Å²) in [7, 11) is 3.21. The van der Waals surface area contributed by atoms with Crippen molar-refractivity contribution in [2.75, 3.05) is 14.2 Å². The molecular weight excluding hydrogens is 324 g/mol. The van der Waals surface area contributed by atoms with Gasteiger partial charge in [-0.15, -0.1) is 0 Å². The van der Waals surface area contributed by atoms with E-state index in [9.17, 15) is 4.79 Å². The summed E-state index contributed by atoms with van der Waals surface area (Å²) < 4.78 is 10.7. The lowest BCUT2D eigenvalue weighted by molar-refractivity contribution is 0.1000. The molecule has 3 rings (SSSR count). The summed E-state index contributed by atoms with van der Waals surface area (Å²) in [5.74, 6) is 0.868. The van der Waals surface area contributed by atoms with Crippen LogP contribution in [0.25, 0.3) is 10.9 Å². The van der Waals surface area contributed by atoms with Crippen molar-refractivity contribution in [1.29, 1.82) is 0 Å². The maximum absolute atomic E-state index is 11.2. The number of hydrogen-bond acceptors (Lipinski definition) is 5. The number of hydrogen-bond donors (Lipinski definition) is 1. The van der Waals surface area contributed by atoms with Gasteiger partial charge in [-0.05, 0) is 36.4 Å². The maximum atomic E-state index is 11.2. The van der Waals surface area contributed by atoms with Crippen molar-refractivity contribution in [3.05, 3.63) is 54.2 Å². The molecule has 122 valence electrons. The summed E-state index contributed by atoms with van der Waals surface area (Å²) in [6.45, 7) is 0. The molecule has 0 atom stereocenters. The number of methoxy groups -OCH3 is 2. The molecule has 2 N–H and O–H groups in total. The maximum Gasteiger partial charge on any atom is 0.248 e. The van der Waals surface area contributed by atoms with E-state index in [1.165, 1.54) is 0 Å². The van der Waals surface area contributed by atoms with Crippen LogP contribution in [0.2, 0.25) is 0 Å². The second kappa shape index (κ2) is 6.80. The monoisotopic (exact) mass is 340 g/mol. The van der Waals surface area contributed by atoms with Crippen molar-refractivity contribution in [3.63, 3.8) is 0 Å². The normalized spacial score (nSPS) is 10.6. The second-order valence-corrected chi connectivity index (χ2v) is 6.14. The van der Waals surface area contributed by atoms with Gasteiger partial charge in [0.25, 0.3) is 0 Å². The Balaban J connectivity index is 2.01. The molecular formula is C18H16N2O3S. The van der Waals surface area contributed by atoms with Gasteiger partial charge in [-0.1, -0.05) is 11.8 Å². The van der Waals surface area contributed by atoms with E-state index in [1.807, 2.05) is 30.3 Å². The fraction of sp³-hybridized carbons (Fsp3) is 0.111. The first-order chi connectivity index (χ1) is 11.6. The number of amides is 1. The lowest BCUT2D eigenvalue weighted by atomic mass is 10.2. The molecule has 0 aliphatic carbocycles. The Morgan fingerprint density at radius 2 is 1.71 bits per heavy atom. The number of primary amides is 1. The summed E-state index contributed by atoms with van der Waals surface area (Å²) in [6, 6.07) is 12.9. The van der Waals surface area contributed by atoms with Gasteiger partial charge < -0.3 is 15.2 Å². The van der Waals surface area contributed by atoms with Crippen molar-refractivity contribution in [2.45, 2.75) is 9.79 Å². The number of pyridine rings is 1. The zero-order valence-corrected chi connectivity index (χ0v) is 14.1. The molecule has 1 amide bonds. The molecule has 1 aromatic heterocycles. The Morgan fingerprint density at radius 1 is 1.04 bits per heavy atom. The van der Waals surface area contributed by atoms with E-state index in [0.29, 0.717) is 17.1 Å². The topological polar surface area (TPSA) is 74.4 Å². The van der Waals surface area contributed by atoms with E-state index in [2.05, 4.69) is 4.98 Å². The number of carbonyl (C=O) groups excluding carboxylic acids is 1. The molecule has 0 saturated heterocycles. The minimum atomic E-state index is -0.433. The van der Waals surface area contributed by atoms with Crippen LogP contribution in [0, 0.1) is 0 Å². The SMILES string of the molecule is COc1cc2nccc(Sc3ccc(C(N)=O)cc3)c2cc1OC. The van der Waals surface area contributed by atoms with Gasteiger partial charge in [-0.25, -0.2) is 0 Å². The van der Waals surface area contributed by atoms with E-state index < -0.39 is 5.91 Å². The number of aromatic nitrogens is 1. The van der Waals surface area contributed by atoms with E-state index in [0.717, 1.165) is 20.7 Å². The third-order valence-electron chi connectivity index (χ3n) is 3.57. The molecule has 0 aliphatic rings. The number of ether oxygens (including phenoxy) is 2. The zero-order valence-electron chi connectivity index (χ0n) is 13.3. The molecule has 0 saturated carbocycles. The smallest absolute Gasteiger partial charge is 0.248 e. The van der Waals surface area contributed by atoms with Gasteiger partial charge >= 0.3 is 0 Å². The fourth-order valence-corrected chi connectivity index (χ4v) is 3.28. The first-order valence-corrected chi connectivity index (χ1v) is 8.02. The van der Waals surface area contributed by atoms with E-state index in [4.69, 9.17) is 15.2 Å². The summed E-state index contributed by atoms with van der Waals surface area (Å²) in [6.07, 6.45) is 1.76. The van der Waals surface area contributed by atoms with Crippen LogP contribution in [0.1, 0.15) is 10.4 Å². The molecule has 24 heavy (non-hydrogen) atoms. The molecule has 2 aromatic carbocycles. The average Bonchev–Trinajstić information content (AvgIpc) is 2.61.